The third-order valence-electron chi connectivity index (χ3n) is 2.21. The summed E-state index contributed by atoms with van der Waals surface area (Å²) in [5.74, 6) is -0.355. The molecule has 0 aliphatic rings. The predicted molar refractivity (Wildman–Crippen MR) is 58.8 cm³/mol. The van der Waals surface area contributed by atoms with Gasteiger partial charge in [-0.25, -0.2) is 4.39 Å². The Labute approximate surface area is 87.7 Å². The summed E-state index contributed by atoms with van der Waals surface area (Å²) in [6.07, 6.45) is 0. The molecule has 1 nitrogen and oxygen atoms in total. The van der Waals surface area contributed by atoms with Crippen molar-refractivity contribution in [1.29, 1.82) is 5.41 Å². The molecule has 0 radical (unpaired) electrons. The summed E-state index contributed by atoms with van der Waals surface area (Å²) >= 11 is 0. The van der Waals surface area contributed by atoms with Crippen LogP contribution >= 0.6 is 0 Å². The quantitative estimate of drug-likeness (QED) is 0.718. The zero-order valence-corrected chi connectivity index (χ0v) is 8.07. The predicted octanol–water partition coefficient (Wildman–Crippen LogP) is 3.24. The Balaban J connectivity index is 2.42. The average molecular weight is 199 g/mol. The van der Waals surface area contributed by atoms with Crippen molar-refractivity contribution < 1.29 is 4.39 Å². The van der Waals surface area contributed by atoms with Crippen LogP contribution in [0.3, 0.4) is 0 Å². The largest absolute Gasteiger partial charge is 0.300 e. The van der Waals surface area contributed by atoms with Crippen LogP contribution in [-0.4, -0.2) is 5.71 Å². The van der Waals surface area contributed by atoms with Gasteiger partial charge in [-0.15, -0.1) is 0 Å². The number of hydrogen-bond donors (Lipinski definition) is 1. The molecular formula is C13H10FN. The lowest BCUT2D eigenvalue weighted by Crippen LogP contribution is -2.03. The van der Waals surface area contributed by atoms with E-state index in [2.05, 4.69) is 0 Å². The SMILES string of the molecule is N=C(c1ccccc1)c1ccccc1F. The molecule has 0 aliphatic heterocycles. The molecule has 0 saturated carbocycles. The molecule has 0 aliphatic carbocycles. The van der Waals surface area contributed by atoms with Gasteiger partial charge in [-0.2, -0.15) is 0 Å². The lowest BCUT2D eigenvalue weighted by molar-refractivity contribution is 0.625. The monoisotopic (exact) mass is 199 g/mol. The van der Waals surface area contributed by atoms with Gasteiger partial charge in [0.2, 0.25) is 0 Å². The molecule has 0 unspecified atom stereocenters. The fourth-order valence-electron chi connectivity index (χ4n) is 1.42. The average Bonchev–Trinajstić information content (AvgIpc) is 2.30. The maximum absolute atomic E-state index is 13.4. The molecule has 0 aromatic heterocycles. The first kappa shape index (κ1) is 9.59. The summed E-state index contributed by atoms with van der Waals surface area (Å²) in [6.45, 7) is 0. The molecule has 15 heavy (non-hydrogen) atoms. The fourth-order valence-corrected chi connectivity index (χ4v) is 1.42. The minimum absolute atomic E-state index is 0.216. The molecule has 2 heteroatoms. The Morgan fingerprint density at radius 2 is 1.47 bits per heavy atom. The van der Waals surface area contributed by atoms with Gasteiger partial charge in [-0.3, -0.25) is 5.41 Å². The molecule has 2 aromatic rings. The minimum Gasteiger partial charge on any atom is -0.300 e. The summed E-state index contributed by atoms with van der Waals surface area (Å²) in [5.41, 5.74) is 1.28. The first-order chi connectivity index (χ1) is 7.29. The second-order valence-corrected chi connectivity index (χ2v) is 3.22. The molecule has 0 saturated heterocycles. The summed E-state index contributed by atoms with van der Waals surface area (Å²) in [6, 6.07) is 15.5. The highest BCUT2D eigenvalue weighted by atomic mass is 19.1. The van der Waals surface area contributed by atoms with Gasteiger partial charge in [-0.05, 0) is 12.1 Å². The van der Waals surface area contributed by atoms with Gasteiger partial charge in [0.15, 0.2) is 0 Å². The Hall–Kier alpha value is -1.96. The van der Waals surface area contributed by atoms with E-state index in [1.165, 1.54) is 6.07 Å². The van der Waals surface area contributed by atoms with Gasteiger partial charge in [0.1, 0.15) is 5.82 Å². The van der Waals surface area contributed by atoms with Crippen molar-refractivity contribution in [3.05, 3.63) is 71.5 Å². The van der Waals surface area contributed by atoms with Crippen molar-refractivity contribution >= 4 is 5.71 Å². The van der Waals surface area contributed by atoms with Gasteiger partial charge in [-0.1, -0.05) is 42.5 Å². The highest BCUT2D eigenvalue weighted by molar-refractivity contribution is 6.10. The second kappa shape index (κ2) is 4.05. The maximum Gasteiger partial charge on any atom is 0.132 e. The van der Waals surface area contributed by atoms with Crippen LogP contribution in [0.1, 0.15) is 11.1 Å². The van der Waals surface area contributed by atoms with E-state index in [1.807, 2.05) is 18.2 Å². The van der Waals surface area contributed by atoms with E-state index in [4.69, 9.17) is 5.41 Å². The van der Waals surface area contributed by atoms with Crippen LogP contribution in [0.2, 0.25) is 0 Å². The standard InChI is InChI=1S/C13H10FN/c14-12-9-5-4-8-11(12)13(15)10-6-2-1-3-7-10/h1-9,15H. The number of benzene rings is 2. The van der Waals surface area contributed by atoms with Crippen molar-refractivity contribution in [2.45, 2.75) is 0 Å². The number of rotatable bonds is 2. The zero-order valence-electron chi connectivity index (χ0n) is 8.07. The third-order valence-corrected chi connectivity index (χ3v) is 2.21. The Morgan fingerprint density at radius 3 is 2.13 bits per heavy atom. The molecule has 0 spiro atoms. The van der Waals surface area contributed by atoms with Crippen LogP contribution in [0, 0.1) is 11.2 Å². The van der Waals surface area contributed by atoms with E-state index in [-0.39, 0.29) is 11.5 Å². The van der Waals surface area contributed by atoms with Crippen LogP contribution < -0.4 is 0 Å². The van der Waals surface area contributed by atoms with Crippen LogP contribution in [0.15, 0.2) is 54.6 Å². The summed E-state index contributed by atoms with van der Waals surface area (Å²) < 4.78 is 13.4. The number of hydrogen-bond acceptors (Lipinski definition) is 1. The number of nitrogens with one attached hydrogen (secondary N) is 1. The van der Waals surface area contributed by atoms with Crippen LogP contribution in [0.25, 0.3) is 0 Å². The van der Waals surface area contributed by atoms with E-state index in [9.17, 15) is 4.39 Å². The normalized spacial score (nSPS) is 9.93. The topological polar surface area (TPSA) is 23.9 Å². The molecule has 0 bridgehead atoms. The smallest absolute Gasteiger partial charge is 0.132 e. The van der Waals surface area contributed by atoms with Gasteiger partial charge in [0.25, 0.3) is 0 Å². The third kappa shape index (κ3) is 1.94. The Kier molecular flexibility index (Phi) is 2.59. The summed E-state index contributed by atoms with van der Waals surface area (Å²) in [4.78, 5) is 0. The lowest BCUT2D eigenvalue weighted by atomic mass is 10.0. The summed E-state index contributed by atoms with van der Waals surface area (Å²) in [5, 5.41) is 7.87. The first-order valence-electron chi connectivity index (χ1n) is 4.68. The van der Waals surface area contributed by atoms with Crippen molar-refractivity contribution in [3.63, 3.8) is 0 Å². The molecule has 1 N–H and O–H groups in total. The first-order valence-corrected chi connectivity index (χ1v) is 4.68. The molecule has 2 rings (SSSR count). The molecule has 0 amide bonds. The zero-order chi connectivity index (χ0) is 10.7. The van der Waals surface area contributed by atoms with Gasteiger partial charge >= 0.3 is 0 Å². The molecule has 0 atom stereocenters. The van der Waals surface area contributed by atoms with E-state index in [0.29, 0.717) is 5.56 Å². The Bertz CT molecular complexity index is 477. The second-order valence-electron chi connectivity index (χ2n) is 3.22. The van der Waals surface area contributed by atoms with Crippen molar-refractivity contribution in [2.75, 3.05) is 0 Å². The van der Waals surface area contributed by atoms with Crippen molar-refractivity contribution in [3.8, 4) is 0 Å². The minimum atomic E-state index is -0.355. The van der Waals surface area contributed by atoms with Crippen LogP contribution in [0.5, 0.6) is 0 Å². The highest BCUT2D eigenvalue weighted by Gasteiger charge is 2.08. The van der Waals surface area contributed by atoms with Gasteiger partial charge < -0.3 is 0 Å². The molecule has 0 heterocycles. The van der Waals surface area contributed by atoms with Crippen molar-refractivity contribution in [2.24, 2.45) is 0 Å². The van der Waals surface area contributed by atoms with Crippen LogP contribution in [-0.2, 0) is 0 Å². The summed E-state index contributed by atoms with van der Waals surface area (Å²) in [7, 11) is 0. The lowest BCUT2D eigenvalue weighted by Gasteiger charge is -2.04. The van der Waals surface area contributed by atoms with E-state index in [0.717, 1.165) is 5.56 Å². The van der Waals surface area contributed by atoms with Crippen LogP contribution in [0.4, 0.5) is 4.39 Å². The van der Waals surface area contributed by atoms with E-state index in [1.54, 1.807) is 30.3 Å². The molecule has 0 fully saturated rings. The maximum atomic E-state index is 13.4. The van der Waals surface area contributed by atoms with E-state index < -0.39 is 0 Å². The highest BCUT2D eigenvalue weighted by Crippen LogP contribution is 2.12. The molecular weight excluding hydrogens is 189 g/mol. The van der Waals surface area contributed by atoms with Gasteiger partial charge in [0, 0.05) is 11.1 Å². The van der Waals surface area contributed by atoms with E-state index >= 15 is 0 Å². The molecule has 2 aromatic carbocycles. The van der Waals surface area contributed by atoms with Crippen molar-refractivity contribution in [1.82, 2.24) is 0 Å². The number of halogens is 1. The molecule has 74 valence electrons. The fraction of sp³-hybridized carbons (Fsp3) is 0. The Morgan fingerprint density at radius 1 is 0.867 bits per heavy atom. The van der Waals surface area contributed by atoms with Gasteiger partial charge in [0.05, 0.1) is 5.71 Å².